The summed E-state index contributed by atoms with van der Waals surface area (Å²) < 4.78 is 15.0. The van der Waals surface area contributed by atoms with Crippen LogP contribution in [0.5, 0.6) is 0 Å². The van der Waals surface area contributed by atoms with Gasteiger partial charge in [-0.25, -0.2) is 9.07 Å². The first-order valence-electron chi connectivity index (χ1n) is 8.64. The molecule has 3 N–H and O–H groups in total. The molecule has 142 valence electrons. The van der Waals surface area contributed by atoms with Gasteiger partial charge in [0.1, 0.15) is 11.7 Å². The van der Waals surface area contributed by atoms with E-state index in [2.05, 4.69) is 10.4 Å². The lowest BCUT2D eigenvalue weighted by molar-refractivity contribution is -0.113. The number of hydrogen-bond donors (Lipinski definition) is 2. The lowest BCUT2D eigenvalue weighted by Gasteiger charge is -2.20. The summed E-state index contributed by atoms with van der Waals surface area (Å²) >= 11 is 5.57. The zero-order valence-corrected chi connectivity index (χ0v) is 15.5. The molecule has 0 aliphatic heterocycles. The number of carbonyl (C=O) groups is 2. The third-order valence-corrected chi connectivity index (χ3v) is 4.95. The maximum atomic E-state index is 13.4. The molecule has 28 heavy (non-hydrogen) atoms. The number of alkyl halides is 1. The van der Waals surface area contributed by atoms with Crippen molar-refractivity contribution in [2.45, 2.75) is 12.8 Å². The second-order valence-electron chi connectivity index (χ2n) is 6.48. The summed E-state index contributed by atoms with van der Waals surface area (Å²) in [5.41, 5.74) is 10.3. The van der Waals surface area contributed by atoms with Crippen molar-refractivity contribution < 1.29 is 14.0 Å². The third kappa shape index (κ3) is 3.14. The van der Waals surface area contributed by atoms with Gasteiger partial charge in [-0.1, -0.05) is 6.07 Å². The Labute approximate surface area is 165 Å². The van der Waals surface area contributed by atoms with Gasteiger partial charge >= 0.3 is 0 Å². The first-order chi connectivity index (χ1) is 13.5. The Balaban J connectivity index is 1.92. The van der Waals surface area contributed by atoms with Crippen LogP contribution in [0.3, 0.4) is 0 Å². The molecule has 0 atom stereocenters. The Bertz CT molecular complexity index is 1090. The lowest BCUT2D eigenvalue weighted by Crippen LogP contribution is -2.16. The Kier molecular flexibility index (Phi) is 4.60. The van der Waals surface area contributed by atoms with Crippen LogP contribution in [0.4, 0.5) is 10.1 Å². The topological polar surface area (TPSA) is 90.0 Å². The number of fused-ring (bicyclic) bond motifs is 3. The average Bonchev–Trinajstić information content (AvgIpc) is 3.09. The van der Waals surface area contributed by atoms with E-state index in [0.717, 1.165) is 16.7 Å². The Morgan fingerprint density at radius 1 is 1.18 bits per heavy atom. The molecule has 1 aromatic heterocycles. The van der Waals surface area contributed by atoms with Gasteiger partial charge in [0.25, 0.3) is 5.91 Å². The smallest absolute Gasteiger partial charge is 0.269 e. The van der Waals surface area contributed by atoms with Gasteiger partial charge in [-0.3, -0.25) is 9.59 Å². The van der Waals surface area contributed by atoms with Crippen LogP contribution in [0.1, 0.15) is 21.6 Å². The zero-order chi connectivity index (χ0) is 19.8. The number of nitrogens with zero attached hydrogens (tertiary/aromatic N) is 2. The van der Waals surface area contributed by atoms with Crippen molar-refractivity contribution in [1.82, 2.24) is 9.78 Å². The van der Waals surface area contributed by atoms with E-state index >= 15 is 0 Å². The van der Waals surface area contributed by atoms with E-state index in [1.807, 2.05) is 18.2 Å². The van der Waals surface area contributed by atoms with Crippen molar-refractivity contribution in [2.24, 2.45) is 5.73 Å². The van der Waals surface area contributed by atoms with E-state index in [-0.39, 0.29) is 23.3 Å². The number of amides is 2. The minimum atomic E-state index is -0.618. The molecule has 6 nitrogen and oxygen atoms in total. The van der Waals surface area contributed by atoms with E-state index < -0.39 is 5.91 Å². The Morgan fingerprint density at radius 3 is 2.61 bits per heavy atom. The summed E-state index contributed by atoms with van der Waals surface area (Å²) in [4.78, 5) is 23.6. The fourth-order valence-electron chi connectivity index (χ4n) is 3.48. The zero-order valence-electron chi connectivity index (χ0n) is 14.7. The molecular weight excluding hydrogens is 383 g/mol. The van der Waals surface area contributed by atoms with E-state index in [1.165, 1.54) is 12.1 Å². The molecule has 0 unspecified atom stereocenters. The van der Waals surface area contributed by atoms with Crippen LogP contribution >= 0.6 is 11.6 Å². The normalized spacial score (nSPS) is 12.2. The number of primary amides is 1. The highest BCUT2D eigenvalue weighted by Crippen LogP contribution is 2.38. The van der Waals surface area contributed by atoms with Crippen molar-refractivity contribution in [3.8, 4) is 16.9 Å². The van der Waals surface area contributed by atoms with Gasteiger partial charge in [0.05, 0.1) is 11.4 Å². The van der Waals surface area contributed by atoms with Crippen molar-refractivity contribution in [3.05, 3.63) is 65.1 Å². The molecule has 0 saturated heterocycles. The number of rotatable bonds is 4. The van der Waals surface area contributed by atoms with Crippen molar-refractivity contribution in [2.75, 3.05) is 11.2 Å². The third-order valence-electron chi connectivity index (χ3n) is 4.70. The molecule has 0 saturated carbocycles. The average molecular weight is 399 g/mol. The summed E-state index contributed by atoms with van der Waals surface area (Å²) in [5, 5.41) is 7.14. The van der Waals surface area contributed by atoms with Crippen LogP contribution < -0.4 is 11.1 Å². The molecule has 3 aromatic rings. The second kappa shape index (κ2) is 7.09. The number of anilines is 1. The predicted molar refractivity (Wildman–Crippen MR) is 104 cm³/mol. The fourth-order valence-corrected chi connectivity index (χ4v) is 3.54. The molecule has 8 heteroatoms. The number of nitrogens with one attached hydrogen (secondary N) is 1. The van der Waals surface area contributed by atoms with E-state index in [4.69, 9.17) is 17.3 Å². The van der Waals surface area contributed by atoms with Crippen LogP contribution in [0.25, 0.3) is 16.9 Å². The van der Waals surface area contributed by atoms with Crippen LogP contribution in [-0.4, -0.2) is 27.5 Å². The number of nitrogens with two attached hydrogens (primary N) is 1. The van der Waals surface area contributed by atoms with Gasteiger partial charge in [-0.2, -0.15) is 5.10 Å². The maximum Gasteiger partial charge on any atom is 0.269 e. The first kappa shape index (κ1) is 18.2. The van der Waals surface area contributed by atoms with E-state index in [9.17, 15) is 14.0 Å². The van der Waals surface area contributed by atoms with Crippen LogP contribution in [0.2, 0.25) is 0 Å². The Hall–Kier alpha value is -3.19. The quantitative estimate of drug-likeness (QED) is 0.662. The minimum absolute atomic E-state index is 0.151. The molecule has 1 aliphatic carbocycles. The summed E-state index contributed by atoms with van der Waals surface area (Å²) in [6.45, 7) is 0. The van der Waals surface area contributed by atoms with Crippen LogP contribution in [0, 0.1) is 5.82 Å². The largest absolute Gasteiger partial charge is 0.364 e. The number of halogens is 2. The van der Waals surface area contributed by atoms with Crippen molar-refractivity contribution >= 4 is 29.1 Å². The van der Waals surface area contributed by atoms with Crippen molar-refractivity contribution in [1.29, 1.82) is 0 Å². The monoisotopic (exact) mass is 398 g/mol. The number of hydrogen-bond acceptors (Lipinski definition) is 3. The highest BCUT2D eigenvalue weighted by molar-refractivity contribution is 6.29. The van der Waals surface area contributed by atoms with Crippen molar-refractivity contribution in [3.63, 3.8) is 0 Å². The molecule has 1 aliphatic rings. The van der Waals surface area contributed by atoms with Gasteiger partial charge in [0.15, 0.2) is 5.69 Å². The molecular formula is C20H16ClFN4O2. The molecule has 2 amide bonds. The molecule has 0 fully saturated rings. The maximum absolute atomic E-state index is 13.4. The van der Waals surface area contributed by atoms with Gasteiger partial charge in [-0.05, 0) is 54.8 Å². The summed E-state index contributed by atoms with van der Waals surface area (Å²) in [6.07, 6.45) is 1.32. The number of aromatic nitrogens is 2. The van der Waals surface area contributed by atoms with E-state index in [1.54, 1.807) is 16.8 Å². The fraction of sp³-hybridized carbons (Fsp3) is 0.150. The Morgan fingerprint density at radius 2 is 1.93 bits per heavy atom. The molecule has 0 radical (unpaired) electrons. The SMILES string of the molecule is NC(=O)c1nn(-c2ccc(F)cc2)c2c1CCc1ccc(NC(=O)CCl)cc1-2. The molecule has 1 heterocycles. The summed E-state index contributed by atoms with van der Waals surface area (Å²) in [5.74, 6) is -1.46. The van der Waals surface area contributed by atoms with Gasteiger partial charge in [0.2, 0.25) is 5.91 Å². The highest BCUT2D eigenvalue weighted by atomic mass is 35.5. The highest BCUT2D eigenvalue weighted by Gasteiger charge is 2.28. The molecule has 4 rings (SSSR count). The molecule has 2 aromatic carbocycles. The van der Waals surface area contributed by atoms with E-state index in [0.29, 0.717) is 29.9 Å². The van der Waals surface area contributed by atoms with Crippen LogP contribution in [0.15, 0.2) is 42.5 Å². The standard InChI is InChI=1S/C20H16ClFN4O2/c21-10-17(27)24-13-5-1-11-2-8-15-18(20(23)28)25-26(19(15)16(11)9-13)14-6-3-12(22)4-7-14/h1,3-7,9H,2,8,10H2,(H2,23,28)(H,24,27). The summed E-state index contributed by atoms with van der Waals surface area (Å²) in [7, 11) is 0. The number of carbonyl (C=O) groups excluding carboxylic acids is 2. The molecule has 0 spiro atoms. The van der Waals surface area contributed by atoms with Gasteiger partial charge in [-0.15, -0.1) is 11.6 Å². The number of aryl methyl sites for hydroxylation is 1. The first-order valence-corrected chi connectivity index (χ1v) is 9.18. The number of benzene rings is 2. The molecule has 0 bridgehead atoms. The van der Waals surface area contributed by atoms with Gasteiger partial charge < -0.3 is 11.1 Å². The minimum Gasteiger partial charge on any atom is -0.364 e. The van der Waals surface area contributed by atoms with Crippen LogP contribution in [-0.2, 0) is 17.6 Å². The second-order valence-corrected chi connectivity index (χ2v) is 6.75. The summed E-state index contributed by atoms with van der Waals surface area (Å²) in [6, 6.07) is 11.4. The predicted octanol–water partition coefficient (Wildman–Crippen LogP) is 3.05. The van der Waals surface area contributed by atoms with Gasteiger partial charge in [0, 0.05) is 16.8 Å². The lowest BCUT2D eigenvalue weighted by atomic mass is 9.88.